The van der Waals surface area contributed by atoms with Gasteiger partial charge in [-0.3, -0.25) is 0 Å². The Bertz CT molecular complexity index is 178. The maximum Gasteiger partial charge on any atom is 0.0574 e. The van der Waals surface area contributed by atoms with E-state index in [0.29, 0.717) is 5.92 Å². The van der Waals surface area contributed by atoms with Gasteiger partial charge in [0.1, 0.15) is 0 Å². The highest BCUT2D eigenvalue weighted by molar-refractivity contribution is 5.02. The largest absolute Gasteiger partial charge is 0.393 e. The molecule has 1 nitrogen and oxygen atoms in total. The maximum atomic E-state index is 9.67. The minimum Gasteiger partial charge on any atom is -0.393 e. The van der Waals surface area contributed by atoms with Crippen LogP contribution in [0.4, 0.5) is 0 Å². The zero-order valence-electron chi connectivity index (χ0n) is 6.87. The lowest BCUT2D eigenvalue weighted by Crippen LogP contribution is -2.27. The minimum absolute atomic E-state index is 0.0827. The topological polar surface area (TPSA) is 20.2 Å². The van der Waals surface area contributed by atoms with E-state index in [2.05, 4.69) is 0 Å². The van der Waals surface area contributed by atoms with E-state index in [9.17, 15) is 5.11 Å². The normalized spacial score (nSPS) is 60.3. The molecule has 0 aromatic carbocycles. The van der Waals surface area contributed by atoms with Crippen molar-refractivity contribution in [1.29, 1.82) is 0 Å². The van der Waals surface area contributed by atoms with Crippen LogP contribution in [-0.4, -0.2) is 11.2 Å². The molecular formula is C10H16O. The lowest BCUT2D eigenvalue weighted by molar-refractivity contribution is 0.0642. The molecule has 0 spiro atoms. The molecular weight excluding hydrogens is 136 g/mol. The van der Waals surface area contributed by atoms with Gasteiger partial charge in [-0.1, -0.05) is 6.42 Å². The van der Waals surface area contributed by atoms with Crippen LogP contribution >= 0.6 is 0 Å². The highest BCUT2D eigenvalue weighted by Crippen LogP contribution is 2.58. The molecule has 0 saturated heterocycles. The summed E-state index contributed by atoms with van der Waals surface area (Å²) in [6.07, 6.45) is 6.90. The average Bonchev–Trinajstić information content (AvgIpc) is 2.52. The van der Waals surface area contributed by atoms with Crippen molar-refractivity contribution in [3.05, 3.63) is 0 Å². The second kappa shape index (κ2) is 2.01. The quantitative estimate of drug-likeness (QED) is 0.561. The minimum atomic E-state index is 0.0827. The number of fused-ring (bicyclic) bond motifs is 5. The molecule has 11 heavy (non-hydrogen) atoms. The van der Waals surface area contributed by atoms with Crippen molar-refractivity contribution in [1.82, 2.24) is 0 Å². The van der Waals surface area contributed by atoms with Crippen LogP contribution in [0, 0.1) is 23.7 Å². The Hall–Kier alpha value is -0.0400. The second-order valence-electron chi connectivity index (χ2n) is 4.72. The summed E-state index contributed by atoms with van der Waals surface area (Å²) in [6.45, 7) is 0. The van der Waals surface area contributed by atoms with Crippen LogP contribution in [0.15, 0.2) is 0 Å². The zero-order valence-corrected chi connectivity index (χ0v) is 6.87. The maximum absolute atomic E-state index is 9.67. The molecule has 3 saturated carbocycles. The molecule has 62 valence electrons. The van der Waals surface area contributed by atoms with Gasteiger partial charge in [0.05, 0.1) is 6.10 Å². The summed E-state index contributed by atoms with van der Waals surface area (Å²) in [5, 5.41) is 9.67. The van der Waals surface area contributed by atoms with Crippen LogP contribution in [0.25, 0.3) is 0 Å². The molecule has 3 aliphatic rings. The Labute approximate surface area is 67.8 Å². The van der Waals surface area contributed by atoms with E-state index in [1.807, 2.05) is 0 Å². The molecule has 3 aliphatic carbocycles. The van der Waals surface area contributed by atoms with Crippen molar-refractivity contribution in [3.63, 3.8) is 0 Å². The summed E-state index contributed by atoms with van der Waals surface area (Å²) < 4.78 is 0. The van der Waals surface area contributed by atoms with Crippen molar-refractivity contribution in [2.45, 2.75) is 38.2 Å². The molecule has 0 heterocycles. The van der Waals surface area contributed by atoms with Crippen LogP contribution in [0.3, 0.4) is 0 Å². The van der Waals surface area contributed by atoms with Crippen LogP contribution in [0.5, 0.6) is 0 Å². The SMILES string of the molecule is O[C@H]1C[C@H]2C[C@H]1[C@H]1CCC[C@H]21. The van der Waals surface area contributed by atoms with E-state index in [4.69, 9.17) is 0 Å². The van der Waals surface area contributed by atoms with E-state index in [-0.39, 0.29) is 6.10 Å². The predicted molar refractivity (Wildman–Crippen MR) is 43.1 cm³/mol. The summed E-state index contributed by atoms with van der Waals surface area (Å²) >= 11 is 0. The third kappa shape index (κ3) is 0.703. The molecule has 0 aromatic rings. The molecule has 0 amide bonds. The fraction of sp³-hybridized carbons (Fsp3) is 1.00. The molecule has 0 radical (unpaired) electrons. The van der Waals surface area contributed by atoms with Crippen molar-refractivity contribution < 1.29 is 5.11 Å². The first-order valence-electron chi connectivity index (χ1n) is 5.04. The van der Waals surface area contributed by atoms with Crippen molar-refractivity contribution in [2.24, 2.45) is 23.7 Å². The van der Waals surface area contributed by atoms with E-state index >= 15 is 0 Å². The Morgan fingerprint density at radius 2 is 1.73 bits per heavy atom. The van der Waals surface area contributed by atoms with Gasteiger partial charge in [-0.05, 0) is 49.4 Å². The number of hydrogen-bond donors (Lipinski definition) is 1. The highest BCUT2D eigenvalue weighted by atomic mass is 16.3. The van der Waals surface area contributed by atoms with E-state index < -0.39 is 0 Å². The van der Waals surface area contributed by atoms with Gasteiger partial charge in [-0.2, -0.15) is 0 Å². The van der Waals surface area contributed by atoms with E-state index in [1.54, 1.807) is 0 Å². The fourth-order valence-electron chi connectivity index (χ4n) is 4.03. The van der Waals surface area contributed by atoms with Gasteiger partial charge < -0.3 is 5.11 Å². The highest BCUT2D eigenvalue weighted by Gasteiger charge is 2.53. The van der Waals surface area contributed by atoms with Crippen LogP contribution < -0.4 is 0 Å². The van der Waals surface area contributed by atoms with Gasteiger partial charge in [0, 0.05) is 0 Å². The Morgan fingerprint density at radius 1 is 0.909 bits per heavy atom. The van der Waals surface area contributed by atoms with Crippen LogP contribution in [0.1, 0.15) is 32.1 Å². The summed E-state index contributed by atoms with van der Waals surface area (Å²) in [6, 6.07) is 0. The standard InChI is InChI=1S/C10H16O/c11-10-5-6-4-9(10)8-3-1-2-7(6)8/h6-11H,1-5H2/t6-,7-,8+,9+,10+/m1/s1. The van der Waals surface area contributed by atoms with Crippen LogP contribution in [0.2, 0.25) is 0 Å². The molecule has 3 rings (SSSR count). The first-order valence-corrected chi connectivity index (χ1v) is 5.04. The van der Waals surface area contributed by atoms with Crippen molar-refractivity contribution >= 4 is 0 Å². The molecule has 0 aliphatic heterocycles. The molecule has 0 unspecified atom stereocenters. The number of hydrogen-bond acceptors (Lipinski definition) is 1. The number of rotatable bonds is 0. The summed E-state index contributed by atoms with van der Waals surface area (Å²) in [7, 11) is 0. The third-order valence-electron chi connectivity index (χ3n) is 4.39. The van der Waals surface area contributed by atoms with Gasteiger partial charge >= 0.3 is 0 Å². The smallest absolute Gasteiger partial charge is 0.0574 e. The van der Waals surface area contributed by atoms with E-state index in [0.717, 1.165) is 24.2 Å². The molecule has 3 fully saturated rings. The fourth-order valence-corrected chi connectivity index (χ4v) is 4.03. The summed E-state index contributed by atoms with van der Waals surface area (Å²) in [5.41, 5.74) is 0. The first-order chi connectivity index (χ1) is 5.36. The zero-order chi connectivity index (χ0) is 7.42. The monoisotopic (exact) mass is 152 g/mol. The molecule has 2 bridgehead atoms. The average molecular weight is 152 g/mol. The van der Waals surface area contributed by atoms with Gasteiger partial charge in [0.25, 0.3) is 0 Å². The Morgan fingerprint density at radius 3 is 2.64 bits per heavy atom. The van der Waals surface area contributed by atoms with E-state index in [1.165, 1.54) is 25.7 Å². The predicted octanol–water partition coefficient (Wildman–Crippen LogP) is 1.80. The van der Waals surface area contributed by atoms with Gasteiger partial charge in [0.2, 0.25) is 0 Å². The molecule has 1 N–H and O–H groups in total. The lowest BCUT2D eigenvalue weighted by Gasteiger charge is -2.28. The summed E-state index contributed by atoms with van der Waals surface area (Å²) in [5.74, 6) is 3.60. The molecule has 1 heteroatoms. The molecule has 5 atom stereocenters. The number of aliphatic hydroxyl groups excluding tert-OH is 1. The van der Waals surface area contributed by atoms with Gasteiger partial charge in [-0.15, -0.1) is 0 Å². The Kier molecular flexibility index (Phi) is 1.18. The second-order valence-corrected chi connectivity index (χ2v) is 4.72. The Balaban J connectivity index is 1.90. The van der Waals surface area contributed by atoms with Gasteiger partial charge in [0.15, 0.2) is 0 Å². The third-order valence-corrected chi connectivity index (χ3v) is 4.39. The van der Waals surface area contributed by atoms with Crippen LogP contribution in [-0.2, 0) is 0 Å². The summed E-state index contributed by atoms with van der Waals surface area (Å²) in [4.78, 5) is 0. The van der Waals surface area contributed by atoms with Crippen molar-refractivity contribution in [2.75, 3.05) is 0 Å². The number of aliphatic hydroxyl groups is 1. The van der Waals surface area contributed by atoms with Gasteiger partial charge in [-0.25, -0.2) is 0 Å². The van der Waals surface area contributed by atoms with Crippen molar-refractivity contribution in [3.8, 4) is 0 Å². The first kappa shape index (κ1) is 6.47. The lowest BCUT2D eigenvalue weighted by atomic mass is 9.80. The molecule has 0 aromatic heterocycles.